The van der Waals surface area contributed by atoms with Crippen LogP contribution in [0, 0.1) is 17.2 Å². The third kappa shape index (κ3) is 2.25. The summed E-state index contributed by atoms with van der Waals surface area (Å²) in [6.07, 6.45) is 0. The number of para-hydroxylation sites is 1. The maximum atomic E-state index is 13.2. The molecule has 1 fully saturated rings. The lowest BCUT2D eigenvalue weighted by Gasteiger charge is -2.36. The number of aromatic amines is 1. The molecule has 1 aromatic heterocycles. The first kappa shape index (κ1) is 17.4. The highest BCUT2D eigenvalue weighted by molar-refractivity contribution is 6.16. The van der Waals surface area contributed by atoms with Crippen LogP contribution in [0.5, 0.6) is 0 Å². The van der Waals surface area contributed by atoms with E-state index in [2.05, 4.69) is 20.6 Å². The van der Waals surface area contributed by atoms with Gasteiger partial charge >= 0.3 is 0 Å². The van der Waals surface area contributed by atoms with E-state index in [0.29, 0.717) is 37.6 Å². The zero-order chi connectivity index (χ0) is 20.2. The monoisotopic (exact) mass is 392 g/mol. The van der Waals surface area contributed by atoms with E-state index in [-0.39, 0.29) is 17.3 Å². The summed E-state index contributed by atoms with van der Waals surface area (Å²) in [7, 11) is 0. The molecule has 3 aliphatic rings. The Balaban J connectivity index is 1.78. The van der Waals surface area contributed by atoms with Gasteiger partial charge in [-0.3, -0.25) is 19.4 Å². The first-order valence-electron chi connectivity index (χ1n) is 9.16. The lowest BCUT2D eigenvalue weighted by molar-refractivity contribution is -0.127. The number of fused-ring (bicyclic) bond motifs is 4. The van der Waals surface area contributed by atoms with E-state index < -0.39 is 28.7 Å². The minimum atomic E-state index is -1.76. The zero-order valence-corrected chi connectivity index (χ0v) is 15.2. The highest BCUT2D eigenvalue weighted by Gasteiger charge is 2.61. The second-order valence-electron chi connectivity index (χ2n) is 7.07. The van der Waals surface area contributed by atoms with Crippen molar-refractivity contribution in [2.75, 3.05) is 41.8 Å². The lowest BCUT2D eigenvalue weighted by atomic mass is 9.65. The van der Waals surface area contributed by atoms with Crippen LogP contribution in [0.4, 0.5) is 17.5 Å². The number of anilines is 3. The van der Waals surface area contributed by atoms with Gasteiger partial charge in [-0.25, -0.2) is 0 Å². The van der Waals surface area contributed by atoms with Crippen molar-refractivity contribution in [3.05, 3.63) is 45.7 Å². The number of carbonyl (C=O) groups is 2. The van der Waals surface area contributed by atoms with Gasteiger partial charge in [0.05, 0.1) is 24.8 Å². The van der Waals surface area contributed by atoms with Crippen LogP contribution >= 0.6 is 0 Å². The van der Waals surface area contributed by atoms with E-state index in [9.17, 15) is 19.6 Å². The third-order valence-corrected chi connectivity index (χ3v) is 5.64. The first-order valence-corrected chi connectivity index (χ1v) is 9.16. The summed E-state index contributed by atoms with van der Waals surface area (Å²) in [6, 6.07) is 8.67. The molecule has 5 rings (SSSR count). The van der Waals surface area contributed by atoms with Crippen molar-refractivity contribution in [2.24, 2.45) is 5.92 Å². The summed E-state index contributed by atoms with van der Waals surface area (Å²) in [5.41, 5.74) is -1.46. The van der Waals surface area contributed by atoms with Gasteiger partial charge in [-0.2, -0.15) is 10.2 Å². The number of rotatable bonds is 1. The molecule has 10 heteroatoms. The molecule has 1 saturated heterocycles. The summed E-state index contributed by atoms with van der Waals surface area (Å²) in [5, 5.41) is 15.0. The molecule has 2 aromatic rings. The summed E-state index contributed by atoms with van der Waals surface area (Å²) >= 11 is 0. The normalized spacial score (nSPS) is 25.1. The SMILES string of the molecule is N#CC1C(=O)Nc2nc(N3CCOCC3)[nH]c(=O)c2C12C(=O)Nc1ccccc12. The summed E-state index contributed by atoms with van der Waals surface area (Å²) < 4.78 is 5.32. The summed E-state index contributed by atoms with van der Waals surface area (Å²) in [5.74, 6) is -2.38. The van der Waals surface area contributed by atoms with E-state index >= 15 is 0 Å². The van der Waals surface area contributed by atoms with Crippen molar-refractivity contribution in [3.63, 3.8) is 0 Å². The number of benzene rings is 1. The van der Waals surface area contributed by atoms with E-state index in [1.165, 1.54) is 0 Å². The summed E-state index contributed by atoms with van der Waals surface area (Å²) in [4.78, 5) is 48.2. The van der Waals surface area contributed by atoms with Crippen LogP contribution in [0.25, 0.3) is 0 Å². The zero-order valence-electron chi connectivity index (χ0n) is 15.2. The molecule has 1 spiro atoms. The molecule has 0 aliphatic carbocycles. The van der Waals surface area contributed by atoms with Crippen LogP contribution in [0.3, 0.4) is 0 Å². The van der Waals surface area contributed by atoms with Crippen LogP contribution in [-0.4, -0.2) is 48.1 Å². The smallest absolute Gasteiger partial charge is 0.259 e. The van der Waals surface area contributed by atoms with Gasteiger partial charge < -0.3 is 20.3 Å². The molecular weight excluding hydrogens is 376 g/mol. The van der Waals surface area contributed by atoms with E-state index in [0.717, 1.165) is 0 Å². The molecule has 3 aliphatic heterocycles. The topological polar surface area (TPSA) is 140 Å². The fourth-order valence-corrected chi connectivity index (χ4v) is 4.34. The molecule has 0 bridgehead atoms. The standard InChI is InChI=1S/C19H16N6O4/c20-9-11-15(26)22-14-13(16(27)24-18(23-14)25-5-7-29-8-6-25)19(11)10-3-1-2-4-12(10)21-17(19)28/h1-4,11H,5-8H2,(H,21,28)(H2,22,23,24,26,27). The van der Waals surface area contributed by atoms with Crippen molar-refractivity contribution >= 4 is 29.3 Å². The number of amides is 2. The average molecular weight is 392 g/mol. The third-order valence-electron chi connectivity index (χ3n) is 5.64. The van der Waals surface area contributed by atoms with Crippen molar-refractivity contribution in [3.8, 4) is 6.07 Å². The van der Waals surface area contributed by atoms with Crippen LogP contribution < -0.4 is 21.1 Å². The molecule has 2 unspecified atom stereocenters. The second kappa shape index (κ2) is 6.15. The number of carbonyl (C=O) groups excluding carboxylic acids is 2. The number of ether oxygens (including phenoxy) is 1. The number of nitriles is 1. The minimum Gasteiger partial charge on any atom is -0.378 e. The number of nitrogens with zero attached hydrogens (tertiary/aromatic N) is 3. The number of aromatic nitrogens is 2. The Morgan fingerprint density at radius 1 is 1.17 bits per heavy atom. The Hall–Kier alpha value is -3.71. The van der Waals surface area contributed by atoms with Crippen LogP contribution in [0.1, 0.15) is 11.1 Å². The van der Waals surface area contributed by atoms with Crippen LogP contribution in [-0.2, 0) is 19.7 Å². The van der Waals surface area contributed by atoms with E-state index in [1.807, 2.05) is 11.0 Å². The molecule has 1 aromatic carbocycles. The fraction of sp³-hybridized carbons (Fsp3) is 0.316. The average Bonchev–Trinajstić information content (AvgIpc) is 3.01. The molecule has 29 heavy (non-hydrogen) atoms. The Labute approximate surface area is 164 Å². The Morgan fingerprint density at radius 3 is 2.69 bits per heavy atom. The van der Waals surface area contributed by atoms with E-state index in [1.54, 1.807) is 24.3 Å². The van der Waals surface area contributed by atoms with Crippen molar-refractivity contribution in [1.82, 2.24) is 9.97 Å². The number of H-pyrrole nitrogens is 1. The highest BCUT2D eigenvalue weighted by Crippen LogP contribution is 2.50. The van der Waals surface area contributed by atoms with E-state index in [4.69, 9.17) is 4.74 Å². The molecule has 2 atom stereocenters. The van der Waals surface area contributed by atoms with Gasteiger partial charge in [-0.1, -0.05) is 18.2 Å². The maximum Gasteiger partial charge on any atom is 0.259 e. The Morgan fingerprint density at radius 2 is 1.93 bits per heavy atom. The quantitative estimate of drug-likeness (QED) is 0.617. The van der Waals surface area contributed by atoms with Crippen molar-refractivity contribution in [2.45, 2.75) is 5.41 Å². The maximum absolute atomic E-state index is 13.2. The number of hydrogen-bond acceptors (Lipinski definition) is 7. The van der Waals surface area contributed by atoms with Crippen molar-refractivity contribution < 1.29 is 14.3 Å². The predicted octanol–water partition coefficient (Wildman–Crippen LogP) is -0.0634. The summed E-state index contributed by atoms with van der Waals surface area (Å²) in [6.45, 7) is 2.04. The van der Waals surface area contributed by atoms with Gasteiger partial charge in [0.2, 0.25) is 17.8 Å². The number of morpholine rings is 1. The molecule has 10 nitrogen and oxygen atoms in total. The molecule has 2 amide bonds. The molecule has 146 valence electrons. The minimum absolute atomic E-state index is 0.00130. The molecular formula is C19H16N6O4. The van der Waals surface area contributed by atoms with Crippen LogP contribution in [0.15, 0.2) is 29.1 Å². The first-order chi connectivity index (χ1) is 14.1. The Kier molecular flexibility index (Phi) is 3.69. The second-order valence-corrected chi connectivity index (χ2v) is 7.07. The van der Waals surface area contributed by atoms with Gasteiger partial charge in [0, 0.05) is 18.8 Å². The molecule has 0 radical (unpaired) electrons. The highest BCUT2D eigenvalue weighted by atomic mass is 16.5. The Bertz CT molecular complexity index is 1150. The van der Waals surface area contributed by atoms with Gasteiger partial charge in [0.15, 0.2) is 0 Å². The van der Waals surface area contributed by atoms with Crippen LogP contribution in [0.2, 0.25) is 0 Å². The fourth-order valence-electron chi connectivity index (χ4n) is 4.34. The predicted molar refractivity (Wildman–Crippen MR) is 101 cm³/mol. The largest absolute Gasteiger partial charge is 0.378 e. The molecule has 3 N–H and O–H groups in total. The number of hydrogen-bond donors (Lipinski definition) is 3. The molecule has 4 heterocycles. The van der Waals surface area contributed by atoms with Crippen molar-refractivity contribution in [1.29, 1.82) is 5.26 Å². The van der Waals surface area contributed by atoms with Gasteiger partial charge in [0.1, 0.15) is 17.2 Å². The van der Waals surface area contributed by atoms with Gasteiger partial charge in [0.25, 0.3) is 5.56 Å². The van der Waals surface area contributed by atoms with Gasteiger partial charge in [-0.15, -0.1) is 0 Å². The van der Waals surface area contributed by atoms with Gasteiger partial charge in [-0.05, 0) is 11.6 Å². The number of nitrogens with one attached hydrogen (secondary N) is 3. The lowest BCUT2D eigenvalue weighted by Crippen LogP contribution is -2.54. The molecule has 0 saturated carbocycles.